The first-order valence-corrected chi connectivity index (χ1v) is 10.8. The number of pyridine rings is 1. The van der Waals surface area contributed by atoms with E-state index in [2.05, 4.69) is 18.8 Å². The second-order valence-corrected chi connectivity index (χ2v) is 7.56. The highest BCUT2D eigenvalue weighted by Gasteiger charge is 2.13. The van der Waals surface area contributed by atoms with Crippen LogP contribution in [0, 0.1) is 0 Å². The molecular weight excluding hydrogens is 376 g/mol. The average molecular weight is 407 g/mol. The van der Waals surface area contributed by atoms with Crippen LogP contribution in [0.4, 0.5) is 0 Å². The summed E-state index contributed by atoms with van der Waals surface area (Å²) in [5, 5.41) is 14.1. The third-order valence-corrected chi connectivity index (χ3v) is 5.16. The number of aryl methyl sites for hydroxylation is 2. The normalized spacial score (nSPS) is 11.0. The molecule has 1 N–H and O–H groups in total. The Morgan fingerprint density at radius 3 is 2.47 bits per heavy atom. The quantitative estimate of drug-likeness (QED) is 0.445. The molecule has 3 aromatic rings. The molecule has 0 saturated carbocycles. The Morgan fingerprint density at radius 2 is 1.77 bits per heavy atom. The van der Waals surface area contributed by atoms with Crippen molar-refractivity contribution in [3.05, 3.63) is 65.5 Å². The largest absolute Gasteiger partial charge is 0.476 e. The summed E-state index contributed by atoms with van der Waals surface area (Å²) in [5.41, 5.74) is 2.65. The molecule has 0 saturated heterocycles. The first kappa shape index (κ1) is 21.7. The molecule has 1 aromatic carbocycles. The first-order valence-electron chi connectivity index (χ1n) is 10.8. The van der Waals surface area contributed by atoms with E-state index >= 15 is 0 Å². The van der Waals surface area contributed by atoms with Gasteiger partial charge in [0.05, 0.1) is 6.54 Å². The lowest BCUT2D eigenvalue weighted by Crippen LogP contribution is -2.07. The van der Waals surface area contributed by atoms with Gasteiger partial charge in [-0.2, -0.15) is 5.10 Å². The first-order chi connectivity index (χ1) is 14.6. The van der Waals surface area contributed by atoms with E-state index in [4.69, 9.17) is 10.1 Å². The molecule has 2 aromatic heterocycles. The van der Waals surface area contributed by atoms with Crippen molar-refractivity contribution >= 4 is 5.97 Å². The van der Waals surface area contributed by atoms with Gasteiger partial charge in [0, 0.05) is 24.6 Å². The van der Waals surface area contributed by atoms with Crippen LogP contribution in [-0.2, 0) is 19.4 Å². The van der Waals surface area contributed by atoms with E-state index in [1.165, 1.54) is 19.0 Å². The number of carboxylic acids is 1. The Bertz CT molecular complexity index is 964. The zero-order chi connectivity index (χ0) is 21.3. The van der Waals surface area contributed by atoms with Gasteiger partial charge in [0.2, 0.25) is 0 Å². The van der Waals surface area contributed by atoms with Gasteiger partial charge in [0.1, 0.15) is 5.82 Å². The summed E-state index contributed by atoms with van der Waals surface area (Å²) in [6.45, 7) is 5.05. The molecule has 0 aliphatic heterocycles. The van der Waals surface area contributed by atoms with E-state index in [1.54, 1.807) is 12.1 Å². The summed E-state index contributed by atoms with van der Waals surface area (Å²) in [4.78, 5) is 20.2. The molecule has 2 heterocycles. The van der Waals surface area contributed by atoms with Crippen LogP contribution in [0.25, 0.3) is 11.1 Å². The number of carbonyl (C=O) groups is 1. The second kappa shape index (κ2) is 10.7. The number of carboxylic acid groups (broad SMARTS) is 1. The van der Waals surface area contributed by atoms with Gasteiger partial charge in [-0.1, -0.05) is 63.4 Å². The Labute approximate surface area is 178 Å². The van der Waals surface area contributed by atoms with Crippen molar-refractivity contribution in [2.24, 2.45) is 0 Å². The molecular formula is C24H30N4O2. The van der Waals surface area contributed by atoms with E-state index in [1.807, 2.05) is 28.9 Å². The summed E-state index contributed by atoms with van der Waals surface area (Å²) in [7, 11) is 0. The summed E-state index contributed by atoms with van der Waals surface area (Å²) in [5.74, 6) is 0.967. The molecule has 158 valence electrons. The highest BCUT2D eigenvalue weighted by molar-refractivity contribution is 5.93. The van der Waals surface area contributed by atoms with Crippen LogP contribution in [0.15, 0.2) is 42.6 Å². The number of hydrogen-bond acceptors (Lipinski definition) is 4. The Morgan fingerprint density at radius 1 is 1.00 bits per heavy atom. The minimum absolute atomic E-state index is 0.0697. The number of unbranched alkanes of at least 4 members (excludes halogenated alkanes) is 3. The molecule has 0 aliphatic rings. The number of aromatic nitrogens is 4. The summed E-state index contributed by atoms with van der Waals surface area (Å²) in [6.07, 6.45) is 9.11. The third-order valence-electron chi connectivity index (χ3n) is 5.16. The standard InChI is InChI=1S/C24H30N4O2/c1-3-5-7-11-22-26-21(10-6-4-2)27-28(22)17-18-12-14-19(15-13-18)20-9-8-16-25-23(20)24(29)30/h8-9,12-16H,3-7,10-11,17H2,1-2H3,(H,29,30). The summed E-state index contributed by atoms with van der Waals surface area (Å²) < 4.78 is 2.03. The highest BCUT2D eigenvalue weighted by Crippen LogP contribution is 2.23. The van der Waals surface area contributed by atoms with Gasteiger partial charge in [-0.05, 0) is 30.0 Å². The van der Waals surface area contributed by atoms with Crippen LogP contribution in [0.2, 0.25) is 0 Å². The lowest BCUT2D eigenvalue weighted by atomic mass is 10.0. The maximum absolute atomic E-state index is 11.4. The molecule has 0 amide bonds. The summed E-state index contributed by atoms with van der Waals surface area (Å²) in [6, 6.07) is 11.5. The number of aromatic carboxylic acids is 1. The molecule has 0 aliphatic carbocycles. The maximum atomic E-state index is 11.4. The van der Waals surface area contributed by atoms with E-state index < -0.39 is 5.97 Å². The highest BCUT2D eigenvalue weighted by atomic mass is 16.4. The maximum Gasteiger partial charge on any atom is 0.355 e. The number of rotatable bonds is 11. The fourth-order valence-corrected chi connectivity index (χ4v) is 3.48. The van der Waals surface area contributed by atoms with Crippen LogP contribution in [-0.4, -0.2) is 30.8 Å². The van der Waals surface area contributed by atoms with Crippen LogP contribution in [0.3, 0.4) is 0 Å². The zero-order valence-corrected chi connectivity index (χ0v) is 17.8. The Kier molecular flexibility index (Phi) is 7.71. The smallest absolute Gasteiger partial charge is 0.355 e. The van der Waals surface area contributed by atoms with Gasteiger partial charge in [-0.25, -0.2) is 19.4 Å². The van der Waals surface area contributed by atoms with Gasteiger partial charge in [-0.15, -0.1) is 0 Å². The van der Waals surface area contributed by atoms with E-state index in [0.717, 1.165) is 54.9 Å². The molecule has 0 radical (unpaired) electrons. The predicted octanol–water partition coefficient (Wildman–Crippen LogP) is 5.16. The second-order valence-electron chi connectivity index (χ2n) is 7.56. The molecule has 6 nitrogen and oxygen atoms in total. The fraction of sp³-hybridized carbons (Fsp3) is 0.417. The minimum atomic E-state index is -1.02. The topological polar surface area (TPSA) is 80.9 Å². The van der Waals surface area contributed by atoms with E-state index in [0.29, 0.717) is 12.1 Å². The third kappa shape index (κ3) is 5.53. The monoisotopic (exact) mass is 406 g/mol. The molecule has 0 fully saturated rings. The predicted molar refractivity (Wildman–Crippen MR) is 118 cm³/mol. The fourth-order valence-electron chi connectivity index (χ4n) is 3.48. The van der Waals surface area contributed by atoms with E-state index in [-0.39, 0.29) is 5.69 Å². The Hall–Kier alpha value is -3.02. The summed E-state index contributed by atoms with van der Waals surface area (Å²) >= 11 is 0. The molecule has 3 rings (SSSR count). The van der Waals surface area contributed by atoms with Crippen molar-refractivity contribution in [3.63, 3.8) is 0 Å². The molecule has 0 spiro atoms. The molecule has 6 heteroatoms. The van der Waals surface area contributed by atoms with Crippen LogP contribution < -0.4 is 0 Å². The average Bonchev–Trinajstić information content (AvgIpc) is 3.14. The Balaban J connectivity index is 1.79. The zero-order valence-electron chi connectivity index (χ0n) is 17.8. The van der Waals surface area contributed by atoms with Crippen molar-refractivity contribution < 1.29 is 9.90 Å². The van der Waals surface area contributed by atoms with Crippen molar-refractivity contribution in [2.75, 3.05) is 0 Å². The van der Waals surface area contributed by atoms with Crippen LogP contribution >= 0.6 is 0 Å². The van der Waals surface area contributed by atoms with Gasteiger partial charge in [-0.3, -0.25) is 0 Å². The van der Waals surface area contributed by atoms with Crippen molar-refractivity contribution in [1.29, 1.82) is 0 Å². The van der Waals surface area contributed by atoms with Gasteiger partial charge >= 0.3 is 5.97 Å². The van der Waals surface area contributed by atoms with Crippen LogP contribution in [0.5, 0.6) is 0 Å². The number of nitrogens with zero attached hydrogens (tertiary/aromatic N) is 4. The molecule has 0 unspecified atom stereocenters. The van der Waals surface area contributed by atoms with Gasteiger partial charge in [0.15, 0.2) is 11.5 Å². The SMILES string of the molecule is CCCCCc1nc(CCCC)nn1Cc1ccc(-c2cccnc2C(=O)O)cc1. The lowest BCUT2D eigenvalue weighted by molar-refractivity contribution is 0.0691. The van der Waals surface area contributed by atoms with Crippen molar-refractivity contribution in [2.45, 2.75) is 65.3 Å². The molecule has 0 atom stereocenters. The molecule has 30 heavy (non-hydrogen) atoms. The van der Waals surface area contributed by atoms with Gasteiger partial charge in [0.25, 0.3) is 0 Å². The number of hydrogen-bond donors (Lipinski definition) is 1. The molecule has 0 bridgehead atoms. The van der Waals surface area contributed by atoms with Gasteiger partial charge < -0.3 is 5.11 Å². The lowest BCUT2D eigenvalue weighted by Gasteiger charge is -2.08. The van der Waals surface area contributed by atoms with Crippen molar-refractivity contribution in [1.82, 2.24) is 19.7 Å². The van der Waals surface area contributed by atoms with Crippen molar-refractivity contribution in [3.8, 4) is 11.1 Å². The van der Waals surface area contributed by atoms with E-state index in [9.17, 15) is 9.90 Å². The van der Waals surface area contributed by atoms with Crippen LogP contribution in [0.1, 0.15) is 73.7 Å². The minimum Gasteiger partial charge on any atom is -0.476 e. The number of benzene rings is 1.